The molecule has 6 heteroatoms. The minimum atomic E-state index is -0.358. The van der Waals surface area contributed by atoms with E-state index in [0.29, 0.717) is 12.2 Å². The van der Waals surface area contributed by atoms with Gasteiger partial charge in [-0.05, 0) is 78.8 Å². The smallest absolute Gasteiger partial charge is 0.258 e. The first-order chi connectivity index (χ1) is 15.6. The number of hydrogen-bond donors (Lipinski definition) is 3. The van der Waals surface area contributed by atoms with Gasteiger partial charge in [0.1, 0.15) is 17.3 Å². The van der Waals surface area contributed by atoms with E-state index in [1.807, 2.05) is 48.5 Å². The molecule has 0 aliphatic heterocycles. The lowest BCUT2D eigenvalue weighted by molar-refractivity contribution is -0.123. The first-order valence-corrected chi connectivity index (χ1v) is 10.9. The Labute approximate surface area is 186 Å². The Morgan fingerprint density at radius 1 is 1.06 bits per heavy atom. The van der Waals surface area contributed by atoms with Crippen LogP contribution in [0.3, 0.4) is 0 Å². The summed E-state index contributed by atoms with van der Waals surface area (Å²) in [5, 5.41) is 12.6. The number of carbonyl (C=O) groups excluding carboxylic acids is 1. The van der Waals surface area contributed by atoms with Crippen molar-refractivity contribution in [2.24, 2.45) is 0 Å². The highest BCUT2D eigenvalue weighted by Crippen LogP contribution is 2.26. The predicted octanol–water partition coefficient (Wildman–Crippen LogP) is 4.24. The van der Waals surface area contributed by atoms with E-state index in [2.05, 4.69) is 21.4 Å². The summed E-state index contributed by atoms with van der Waals surface area (Å²) in [5.41, 5.74) is 5.44. The third-order valence-electron chi connectivity index (χ3n) is 5.89. The molecular formula is C26H25N3O3. The standard InChI is InChI=1S/C26H25N3O3/c30-20-11-8-17(9-12-20)14-24(26-28-22-6-1-2-7-23(22)29-26)27-25(31)16-32-21-13-10-18-4-3-5-19(18)15-21/h1-2,6-13,15,24,30H,3-5,14,16H2,(H,27,31)(H,28,29)/t24-/m0/s1. The molecule has 162 valence electrons. The van der Waals surface area contributed by atoms with Crippen LogP contribution in [0.15, 0.2) is 66.7 Å². The molecule has 1 heterocycles. The van der Waals surface area contributed by atoms with Crippen molar-refractivity contribution >= 4 is 16.9 Å². The predicted molar refractivity (Wildman–Crippen MR) is 123 cm³/mol. The van der Waals surface area contributed by atoms with E-state index in [4.69, 9.17) is 4.74 Å². The van der Waals surface area contributed by atoms with Crippen LogP contribution in [0.1, 0.15) is 35.0 Å². The van der Waals surface area contributed by atoms with E-state index in [1.54, 1.807) is 12.1 Å². The van der Waals surface area contributed by atoms with Crippen molar-refractivity contribution in [2.75, 3.05) is 6.61 Å². The van der Waals surface area contributed by atoms with E-state index < -0.39 is 0 Å². The summed E-state index contributed by atoms with van der Waals surface area (Å²) in [5.74, 6) is 1.40. The quantitative estimate of drug-likeness (QED) is 0.412. The van der Waals surface area contributed by atoms with Gasteiger partial charge in [0.2, 0.25) is 0 Å². The topological polar surface area (TPSA) is 87.2 Å². The molecule has 1 aliphatic carbocycles. The molecule has 3 N–H and O–H groups in total. The first kappa shape index (κ1) is 20.1. The Morgan fingerprint density at radius 2 is 1.88 bits per heavy atom. The lowest BCUT2D eigenvalue weighted by atomic mass is 10.1. The molecule has 0 spiro atoms. The molecule has 0 bridgehead atoms. The van der Waals surface area contributed by atoms with Crippen molar-refractivity contribution < 1.29 is 14.6 Å². The molecule has 1 atom stereocenters. The fraction of sp³-hybridized carbons (Fsp3) is 0.231. The number of aryl methyl sites for hydroxylation is 2. The molecule has 1 aromatic heterocycles. The van der Waals surface area contributed by atoms with Crippen molar-refractivity contribution in [3.63, 3.8) is 0 Å². The number of para-hydroxylation sites is 2. The molecule has 6 nitrogen and oxygen atoms in total. The maximum Gasteiger partial charge on any atom is 0.258 e. The lowest BCUT2D eigenvalue weighted by Gasteiger charge is -2.17. The van der Waals surface area contributed by atoms with Crippen molar-refractivity contribution in [3.05, 3.63) is 89.2 Å². The fourth-order valence-electron chi connectivity index (χ4n) is 4.24. The Kier molecular flexibility index (Phi) is 5.50. The van der Waals surface area contributed by atoms with Gasteiger partial charge < -0.3 is 20.1 Å². The molecule has 0 saturated carbocycles. The number of aromatic hydroxyl groups is 1. The number of amides is 1. The monoisotopic (exact) mass is 427 g/mol. The van der Waals surface area contributed by atoms with Crippen LogP contribution in [-0.2, 0) is 24.1 Å². The van der Waals surface area contributed by atoms with Crippen LogP contribution in [0, 0.1) is 0 Å². The second-order valence-corrected chi connectivity index (χ2v) is 8.20. The number of hydrogen-bond acceptors (Lipinski definition) is 4. The molecule has 0 radical (unpaired) electrons. The zero-order chi connectivity index (χ0) is 21.9. The number of phenolic OH excluding ortho intramolecular Hbond substituents is 1. The Hall–Kier alpha value is -3.80. The minimum Gasteiger partial charge on any atom is -0.508 e. The molecule has 3 aromatic carbocycles. The van der Waals surface area contributed by atoms with Gasteiger partial charge >= 0.3 is 0 Å². The van der Waals surface area contributed by atoms with E-state index in [-0.39, 0.29) is 24.3 Å². The van der Waals surface area contributed by atoms with Gasteiger partial charge in [-0.3, -0.25) is 4.79 Å². The number of aromatic amines is 1. The fourth-order valence-corrected chi connectivity index (χ4v) is 4.24. The zero-order valence-corrected chi connectivity index (χ0v) is 17.7. The second-order valence-electron chi connectivity index (χ2n) is 8.20. The number of carbonyl (C=O) groups is 1. The molecule has 0 unspecified atom stereocenters. The Bertz CT molecular complexity index is 1210. The van der Waals surface area contributed by atoms with Crippen molar-refractivity contribution in [1.82, 2.24) is 15.3 Å². The summed E-state index contributed by atoms with van der Waals surface area (Å²) in [6, 6.07) is 20.5. The summed E-state index contributed by atoms with van der Waals surface area (Å²) in [6.45, 7) is -0.0644. The van der Waals surface area contributed by atoms with Gasteiger partial charge in [-0.25, -0.2) is 4.98 Å². The number of phenols is 1. The lowest BCUT2D eigenvalue weighted by Crippen LogP contribution is -2.34. The van der Waals surface area contributed by atoms with E-state index in [9.17, 15) is 9.90 Å². The van der Waals surface area contributed by atoms with Crippen LogP contribution < -0.4 is 10.1 Å². The summed E-state index contributed by atoms with van der Waals surface area (Å²) >= 11 is 0. The van der Waals surface area contributed by atoms with E-state index in [0.717, 1.165) is 35.2 Å². The van der Waals surface area contributed by atoms with Crippen LogP contribution in [0.5, 0.6) is 11.5 Å². The summed E-state index contributed by atoms with van der Waals surface area (Å²) in [4.78, 5) is 20.8. The van der Waals surface area contributed by atoms with Crippen molar-refractivity contribution in [2.45, 2.75) is 31.7 Å². The van der Waals surface area contributed by atoms with Crippen LogP contribution >= 0.6 is 0 Å². The first-order valence-electron chi connectivity index (χ1n) is 10.9. The van der Waals surface area contributed by atoms with Crippen LogP contribution in [-0.4, -0.2) is 27.6 Å². The average molecular weight is 428 g/mol. The molecule has 4 aromatic rings. The van der Waals surface area contributed by atoms with Crippen LogP contribution in [0.2, 0.25) is 0 Å². The Morgan fingerprint density at radius 3 is 2.72 bits per heavy atom. The third-order valence-corrected chi connectivity index (χ3v) is 5.89. The van der Waals surface area contributed by atoms with Gasteiger partial charge in [-0.15, -0.1) is 0 Å². The highest BCUT2D eigenvalue weighted by molar-refractivity contribution is 5.78. The number of benzene rings is 3. The van der Waals surface area contributed by atoms with Gasteiger partial charge in [0.15, 0.2) is 6.61 Å². The number of imidazole rings is 1. The number of aromatic nitrogens is 2. The normalized spacial score (nSPS) is 13.6. The van der Waals surface area contributed by atoms with Crippen molar-refractivity contribution in [3.8, 4) is 11.5 Å². The molecule has 32 heavy (non-hydrogen) atoms. The van der Waals surface area contributed by atoms with E-state index in [1.165, 1.54) is 17.5 Å². The molecule has 1 amide bonds. The summed E-state index contributed by atoms with van der Waals surface area (Å²) < 4.78 is 5.78. The summed E-state index contributed by atoms with van der Waals surface area (Å²) in [7, 11) is 0. The largest absolute Gasteiger partial charge is 0.508 e. The van der Waals surface area contributed by atoms with Gasteiger partial charge in [-0.1, -0.05) is 30.3 Å². The van der Waals surface area contributed by atoms with Gasteiger partial charge in [0.05, 0.1) is 17.1 Å². The summed E-state index contributed by atoms with van der Waals surface area (Å²) in [6.07, 6.45) is 3.90. The van der Waals surface area contributed by atoms with E-state index >= 15 is 0 Å². The maximum absolute atomic E-state index is 12.8. The molecule has 1 aliphatic rings. The second kappa shape index (κ2) is 8.75. The van der Waals surface area contributed by atoms with Crippen molar-refractivity contribution in [1.29, 1.82) is 0 Å². The Balaban J connectivity index is 1.31. The van der Waals surface area contributed by atoms with Crippen LogP contribution in [0.25, 0.3) is 11.0 Å². The number of nitrogens with zero attached hydrogens (tertiary/aromatic N) is 1. The SMILES string of the molecule is O=C(COc1ccc2c(c1)CCC2)N[C@@H](Cc1ccc(O)cc1)c1nc2ccccc2[nH]1. The number of fused-ring (bicyclic) bond motifs is 2. The van der Waals surface area contributed by atoms with Gasteiger partial charge in [-0.2, -0.15) is 0 Å². The zero-order valence-electron chi connectivity index (χ0n) is 17.7. The minimum absolute atomic E-state index is 0.0644. The number of nitrogens with one attached hydrogen (secondary N) is 2. The number of H-pyrrole nitrogens is 1. The van der Waals surface area contributed by atoms with Crippen LogP contribution in [0.4, 0.5) is 0 Å². The van der Waals surface area contributed by atoms with Gasteiger partial charge in [0, 0.05) is 0 Å². The highest BCUT2D eigenvalue weighted by atomic mass is 16.5. The third kappa shape index (κ3) is 4.44. The molecule has 5 rings (SSSR count). The molecule has 0 fully saturated rings. The highest BCUT2D eigenvalue weighted by Gasteiger charge is 2.20. The molecular weight excluding hydrogens is 402 g/mol. The number of rotatable bonds is 7. The molecule has 0 saturated heterocycles. The average Bonchev–Trinajstić information content (AvgIpc) is 3.45. The van der Waals surface area contributed by atoms with Gasteiger partial charge in [0.25, 0.3) is 5.91 Å². The number of ether oxygens (including phenoxy) is 1. The maximum atomic E-state index is 12.8.